The topological polar surface area (TPSA) is 38.3 Å². The summed E-state index contributed by atoms with van der Waals surface area (Å²) in [6, 6.07) is 7.63. The van der Waals surface area contributed by atoms with E-state index in [0.717, 1.165) is 11.1 Å². The van der Waals surface area contributed by atoms with Gasteiger partial charge < -0.3 is 10.1 Å². The lowest BCUT2D eigenvalue weighted by molar-refractivity contribution is 0.0523. The van der Waals surface area contributed by atoms with Crippen LogP contribution in [0.4, 0.5) is 4.79 Å². The van der Waals surface area contributed by atoms with E-state index in [1.165, 1.54) is 0 Å². The van der Waals surface area contributed by atoms with Gasteiger partial charge in [-0.25, -0.2) is 4.79 Å². The third-order valence-corrected chi connectivity index (χ3v) is 2.20. The van der Waals surface area contributed by atoms with Crippen molar-refractivity contribution in [3.8, 4) is 11.8 Å². The molecule has 0 bridgehead atoms. The molecule has 1 rings (SSSR count). The predicted octanol–water partition coefficient (Wildman–Crippen LogP) is 3.30. The quantitative estimate of drug-likeness (QED) is 0.666. The molecule has 0 aliphatic rings. The summed E-state index contributed by atoms with van der Waals surface area (Å²) in [7, 11) is 0. The monoisotopic (exact) mass is 279 g/mol. The first-order valence-electron chi connectivity index (χ1n) is 6.01. The summed E-state index contributed by atoms with van der Waals surface area (Å²) in [4.78, 5) is 11.5. The Morgan fingerprint density at radius 1 is 1.42 bits per heavy atom. The highest BCUT2D eigenvalue weighted by Gasteiger charge is 2.15. The molecular formula is C15H18ClNO2. The summed E-state index contributed by atoms with van der Waals surface area (Å²) in [5, 5.41) is 2.70. The highest BCUT2D eigenvalue weighted by atomic mass is 35.5. The third-order valence-electron chi connectivity index (χ3n) is 2.06. The summed E-state index contributed by atoms with van der Waals surface area (Å²) in [5.74, 6) is 6.03. The third kappa shape index (κ3) is 6.73. The number of alkyl halides is 1. The molecule has 1 aromatic rings. The van der Waals surface area contributed by atoms with Gasteiger partial charge in [0.05, 0.1) is 5.88 Å². The second-order valence-corrected chi connectivity index (χ2v) is 5.26. The molecule has 3 nitrogen and oxygen atoms in total. The van der Waals surface area contributed by atoms with Crippen LogP contribution in [0.3, 0.4) is 0 Å². The number of benzene rings is 1. The summed E-state index contributed by atoms with van der Waals surface area (Å²) >= 11 is 5.51. The van der Waals surface area contributed by atoms with Gasteiger partial charge in [-0.1, -0.05) is 24.0 Å². The van der Waals surface area contributed by atoms with E-state index in [4.69, 9.17) is 16.3 Å². The van der Waals surface area contributed by atoms with Crippen LogP contribution in [0.25, 0.3) is 0 Å². The van der Waals surface area contributed by atoms with Crippen molar-refractivity contribution in [1.82, 2.24) is 5.32 Å². The van der Waals surface area contributed by atoms with E-state index in [1.54, 1.807) is 0 Å². The Morgan fingerprint density at radius 3 is 2.79 bits per heavy atom. The van der Waals surface area contributed by atoms with Crippen molar-refractivity contribution in [1.29, 1.82) is 0 Å². The zero-order valence-corrected chi connectivity index (χ0v) is 12.2. The van der Waals surface area contributed by atoms with E-state index in [2.05, 4.69) is 17.2 Å². The van der Waals surface area contributed by atoms with Gasteiger partial charge in [-0.15, -0.1) is 11.6 Å². The van der Waals surface area contributed by atoms with E-state index in [-0.39, 0.29) is 0 Å². The molecule has 1 N–H and O–H groups in total. The Hall–Kier alpha value is -1.66. The number of rotatable bonds is 2. The molecule has 0 fully saturated rings. The summed E-state index contributed by atoms with van der Waals surface area (Å²) in [6.45, 7) is 5.89. The Balaban J connectivity index is 2.56. The molecule has 0 spiro atoms. The minimum absolute atomic E-state index is 0.306. The fraction of sp³-hybridized carbons (Fsp3) is 0.400. The van der Waals surface area contributed by atoms with Gasteiger partial charge in [0.1, 0.15) is 5.60 Å². The molecule has 0 aromatic heterocycles. The van der Waals surface area contributed by atoms with Crippen LogP contribution in [0.2, 0.25) is 0 Å². The first-order chi connectivity index (χ1) is 8.90. The van der Waals surface area contributed by atoms with Crippen LogP contribution in [0.1, 0.15) is 31.9 Å². The number of carbonyl (C=O) groups is 1. The Labute approximate surface area is 119 Å². The van der Waals surface area contributed by atoms with E-state index in [1.807, 2.05) is 45.0 Å². The molecule has 0 heterocycles. The first kappa shape index (κ1) is 15.4. The van der Waals surface area contributed by atoms with Gasteiger partial charge in [0, 0.05) is 12.1 Å². The lowest BCUT2D eigenvalue weighted by Gasteiger charge is -2.19. The number of hydrogen-bond acceptors (Lipinski definition) is 2. The zero-order valence-electron chi connectivity index (χ0n) is 11.4. The van der Waals surface area contributed by atoms with Crippen molar-refractivity contribution < 1.29 is 9.53 Å². The van der Waals surface area contributed by atoms with Gasteiger partial charge in [-0.2, -0.15) is 0 Å². The number of hydrogen-bond donors (Lipinski definition) is 1. The van der Waals surface area contributed by atoms with E-state index in [9.17, 15) is 4.79 Å². The Morgan fingerprint density at radius 2 is 2.16 bits per heavy atom. The Kier molecular flexibility index (Phi) is 5.72. The standard InChI is InChI=1S/C15H18ClNO2/c1-15(2,3)19-14(18)17-11-13-7-4-6-12(10-13)8-5-9-16/h4,6-7,10H,9,11H2,1-3H3,(H,17,18). The molecule has 4 heteroatoms. The zero-order chi connectivity index (χ0) is 14.3. The molecule has 0 aliphatic carbocycles. The maximum Gasteiger partial charge on any atom is 0.407 e. The molecule has 0 unspecified atom stereocenters. The van der Waals surface area contributed by atoms with Gasteiger partial charge in [0.2, 0.25) is 0 Å². The minimum atomic E-state index is -0.488. The fourth-order valence-electron chi connectivity index (χ4n) is 1.38. The minimum Gasteiger partial charge on any atom is -0.444 e. The van der Waals surface area contributed by atoms with Gasteiger partial charge >= 0.3 is 6.09 Å². The maximum absolute atomic E-state index is 11.5. The van der Waals surface area contributed by atoms with Crippen molar-refractivity contribution in [3.63, 3.8) is 0 Å². The largest absolute Gasteiger partial charge is 0.444 e. The van der Waals surface area contributed by atoms with Crippen LogP contribution in [0.15, 0.2) is 24.3 Å². The van der Waals surface area contributed by atoms with Crippen molar-refractivity contribution in [3.05, 3.63) is 35.4 Å². The van der Waals surface area contributed by atoms with Gasteiger partial charge in [-0.05, 0) is 38.5 Å². The normalized spacial score (nSPS) is 10.3. The van der Waals surface area contributed by atoms with Crippen LogP contribution in [0.5, 0.6) is 0 Å². The maximum atomic E-state index is 11.5. The first-order valence-corrected chi connectivity index (χ1v) is 6.55. The average Bonchev–Trinajstić information content (AvgIpc) is 2.32. The van der Waals surface area contributed by atoms with Gasteiger partial charge in [0.25, 0.3) is 0 Å². The van der Waals surface area contributed by atoms with Crippen molar-refractivity contribution in [2.45, 2.75) is 32.9 Å². The summed E-state index contributed by atoms with van der Waals surface area (Å²) < 4.78 is 5.16. The molecule has 0 atom stereocenters. The fourth-order valence-corrected chi connectivity index (χ4v) is 1.45. The van der Waals surface area contributed by atoms with Crippen molar-refractivity contribution in [2.75, 3.05) is 5.88 Å². The number of carbonyl (C=O) groups excluding carboxylic acids is 1. The molecule has 0 aliphatic heterocycles. The number of ether oxygens (including phenoxy) is 1. The van der Waals surface area contributed by atoms with Crippen LogP contribution >= 0.6 is 11.6 Å². The van der Waals surface area contributed by atoms with Crippen LogP contribution in [-0.4, -0.2) is 17.6 Å². The summed E-state index contributed by atoms with van der Waals surface area (Å²) in [6.07, 6.45) is -0.426. The molecule has 102 valence electrons. The molecule has 1 aromatic carbocycles. The van der Waals surface area contributed by atoms with E-state index < -0.39 is 11.7 Å². The second kappa shape index (κ2) is 7.06. The SMILES string of the molecule is CC(C)(C)OC(=O)NCc1cccc(C#CCCl)c1. The van der Waals surface area contributed by atoms with Crippen molar-refractivity contribution >= 4 is 17.7 Å². The molecule has 0 saturated heterocycles. The lowest BCUT2D eigenvalue weighted by Crippen LogP contribution is -2.32. The average molecular weight is 280 g/mol. The molecular weight excluding hydrogens is 262 g/mol. The lowest BCUT2D eigenvalue weighted by atomic mass is 10.1. The van der Waals surface area contributed by atoms with E-state index in [0.29, 0.717) is 12.4 Å². The van der Waals surface area contributed by atoms with Crippen LogP contribution in [-0.2, 0) is 11.3 Å². The molecule has 0 saturated carbocycles. The molecule has 0 radical (unpaired) electrons. The van der Waals surface area contributed by atoms with Gasteiger partial charge in [0.15, 0.2) is 0 Å². The number of nitrogens with one attached hydrogen (secondary N) is 1. The smallest absolute Gasteiger partial charge is 0.407 e. The molecule has 1 amide bonds. The van der Waals surface area contributed by atoms with Crippen molar-refractivity contribution in [2.24, 2.45) is 0 Å². The Bertz CT molecular complexity index is 495. The highest BCUT2D eigenvalue weighted by Crippen LogP contribution is 2.08. The van der Waals surface area contributed by atoms with Crippen LogP contribution < -0.4 is 5.32 Å². The number of amides is 1. The number of halogens is 1. The highest BCUT2D eigenvalue weighted by molar-refractivity contribution is 6.19. The number of alkyl carbamates (subject to hydrolysis) is 1. The molecule has 19 heavy (non-hydrogen) atoms. The van der Waals surface area contributed by atoms with Gasteiger partial charge in [-0.3, -0.25) is 0 Å². The van der Waals surface area contributed by atoms with Crippen LogP contribution in [0, 0.1) is 11.8 Å². The van der Waals surface area contributed by atoms with E-state index >= 15 is 0 Å². The predicted molar refractivity (Wildman–Crippen MR) is 77.1 cm³/mol. The summed E-state index contributed by atoms with van der Waals surface area (Å²) in [5.41, 5.74) is 1.36. The second-order valence-electron chi connectivity index (χ2n) is 4.99.